The molecular formula is C16H33IN4. The van der Waals surface area contributed by atoms with E-state index in [1.807, 2.05) is 0 Å². The van der Waals surface area contributed by atoms with Gasteiger partial charge in [-0.15, -0.1) is 24.0 Å². The maximum atomic E-state index is 6.06. The van der Waals surface area contributed by atoms with Gasteiger partial charge in [-0.05, 0) is 64.0 Å². The minimum atomic E-state index is 0. The zero-order valence-electron chi connectivity index (χ0n) is 13.6. The van der Waals surface area contributed by atoms with Crippen molar-refractivity contribution in [3.05, 3.63) is 0 Å². The summed E-state index contributed by atoms with van der Waals surface area (Å²) in [4.78, 5) is 9.41. The fraction of sp³-hybridized carbons (Fsp3) is 0.938. The van der Waals surface area contributed by atoms with Gasteiger partial charge in [-0.2, -0.15) is 0 Å². The van der Waals surface area contributed by atoms with Gasteiger partial charge in [0.05, 0.1) is 0 Å². The quantitative estimate of drug-likeness (QED) is 0.329. The number of hydrogen-bond donors (Lipinski definition) is 1. The minimum absolute atomic E-state index is 0. The molecule has 5 heteroatoms. The summed E-state index contributed by atoms with van der Waals surface area (Å²) in [7, 11) is 0. The molecule has 4 nitrogen and oxygen atoms in total. The fourth-order valence-corrected chi connectivity index (χ4v) is 3.35. The lowest BCUT2D eigenvalue weighted by Gasteiger charge is -2.30. The van der Waals surface area contributed by atoms with Crippen LogP contribution in [-0.4, -0.2) is 55.0 Å². The van der Waals surface area contributed by atoms with Gasteiger partial charge in [-0.3, -0.25) is 4.99 Å². The third-order valence-corrected chi connectivity index (χ3v) is 4.58. The molecule has 0 amide bonds. The van der Waals surface area contributed by atoms with E-state index in [9.17, 15) is 0 Å². The number of halogens is 1. The molecule has 1 unspecified atom stereocenters. The maximum Gasteiger partial charge on any atom is 0.191 e. The average Bonchev–Trinajstić information content (AvgIpc) is 2.48. The van der Waals surface area contributed by atoms with E-state index in [1.54, 1.807) is 0 Å². The van der Waals surface area contributed by atoms with Gasteiger partial charge >= 0.3 is 0 Å². The standard InChI is InChI=1S/C16H32N4.HI/c1-15-8-7-11-19(14-15)10-6-3-9-18-16(17)20-12-4-2-5-13-20;/h15H,2-14H2,1H3,(H2,17,18);1H. The lowest BCUT2D eigenvalue weighted by atomic mass is 10.0. The van der Waals surface area contributed by atoms with Crippen molar-refractivity contribution in [1.29, 1.82) is 0 Å². The van der Waals surface area contributed by atoms with Crippen molar-refractivity contribution in [2.75, 3.05) is 39.3 Å². The molecule has 2 aliphatic heterocycles. The van der Waals surface area contributed by atoms with Crippen LogP contribution in [0.2, 0.25) is 0 Å². The van der Waals surface area contributed by atoms with Crippen molar-refractivity contribution in [2.24, 2.45) is 16.6 Å². The zero-order valence-corrected chi connectivity index (χ0v) is 15.9. The van der Waals surface area contributed by atoms with E-state index in [-0.39, 0.29) is 24.0 Å². The molecule has 0 aromatic heterocycles. The van der Waals surface area contributed by atoms with Crippen molar-refractivity contribution in [1.82, 2.24) is 9.80 Å². The van der Waals surface area contributed by atoms with E-state index in [4.69, 9.17) is 5.73 Å². The number of piperidine rings is 2. The Bertz CT molecular complexity index is 303. The van der Waals surface area contributed by atoms with E-state index in [0.29, 0.717) is 0 Å². The Kier molecular flexibility index (Phi) is 9.64. The summed E-state index contributed by atoms with van der Waals surface area (Å²) in [6.45, 7) is 9.29. The first-order valence-corrected chi connectivity index (χ1v) is 8.53. The smallest absolute Gasteiger partial charge is 0.191 e. The molecule has 0 aliphatic carbocycles. The zero-order chi connectivity index (χ0) is 14.2. The number of likely N-dealkylation sites (tertiary alicyclic amines) is 2. The van der Waals surface area contributed by atoms with Gasteiger partial charge in [0.25, 0.3) is 0 Å². The summed E-state index contributed by atoms with van der Waals surface area (Å²) >= 11 is 0. The largest absolute Gasteiger partial charge is 0.370 e. The molecule has 1 atom stereocenters. The predicted molar refractivity (Wildman–Crippen MR) is 101 cm³/mol. The van der Waals surface area contributed by atoms with Gasteiger partial charge in [0.2, 0.25) is 0 Å². The summed E-state index contributed by atoms with van der Waals surface area (Å²) in [5.74, 6) is 1.66. The highest BCUT2D eigenvalue weighted by molar-refractivity contribution is 14.0. The predicted octanol–water partition coefficient (Wildman–Crippen LogP) is 2.92. The highest BCUT2D eigenvalue weighted by Gasteiger charge is 2.15. The molecule has 2 heterocycles. The van der Waals surface area contributed by atoms with E-state index in [0.717, 1.165) is 31.5 Å². The highest BCUT2D eigenvalue weighted by atomic mass is 127. The normalized spacial score (nSPS) is 24.7. The number of aliphatic imine (C=N–C) groups is 1. The van der Waals surface area contributed by atoms with Crippen LogP contribution in [0.3, 0.4) is 0 Å². The Labute approximate surface area is 147 Å². The van der Waals surface area contributed by atoms with Gasteiger partial charge in [-0.1, -0.05) is 6.92 Å². The van der Waals surface area contributed by atoms with Crippen molar-refractivity contribution in [3.63, 3.8) is 0 Å². The highest BCUT2D eigenvalue weighted by Crippen LogP contribution is 2.15. The van der Waals surface area contributed by atoms with Crippen LogP contribution in [0.4, 0.5) is 0 Å². The lowest BCUT2D eigenvalue weighted by Crippen LogP contribution is -2.41. The maximum absolute atomic E-state index is 6.06. The van der Waals surface area contributed by atoms with E-state index in [1.165, 1.54) is 64.6 Å². The van der Waals surface area contributed by atoms with Crippen LogP contribution in [0.1, 0.15) is 51.9 Å². The molecule has 0 aromatic carbocycles. The molecular weight excluding hydrogens is 375 g/mol. The second-order valence-electron chi connectivity index (χ2n) is 6.54. The third kappa shape index (κ3) is 7.17. The average molecular weight is 408 g/mol. The molecule has 0 bridgehead atoms. The Hall–Kier alpha value is -0.0400. The fourth-order valence-electron chi connectivity index (χ4n) is 3.35. The number of hydrogen-bond acceptors (Lipinski definition) is 2. The van der Waals surface area contributed by atoms with Crippen LogP contribution in [-0.2, 0) is 0 Å². The van der Waals surface area contributed by atoms with E-state index in [2.05, 4.69) is 21.7 Å². The van der Waals surface area contributed by atoms with Gasteiger partial charge in [-0.25, -0.2) is 0 Å². The van der Waals surface area contributed by atoms with Crippen LogP contribution in [0.15, 0.2) is 4.99 Å². The van der Waals surface area contributed by atoms with Crippen molar-refractivity contribution >= 4 is 29.9 Å². The van der Waals surface area contributed by atoms with Crippen molar-refractivity contribution in [3.8, 4) is 0 Å². The molecule has 124 valence electrons. The summed E-state index contributed by atoms with van der Waals surface area (Å²) in [6, 6.07) is 0. The van der Waals surface area contributed by atoms with Gasteiger partial charge in [0.15, 0.2) is 5.96 Å². The van der Waals surface area contributed by atoms with Crippen LogP contribution in [0.5, 0.6) is 0 Å². The summed E-state index contributed by atoms with van der Waals surface area (Å²) in [6.07, 6.45) is 9.09. The molecule has 0 radical (unpaired) electrons. The number of unbranched alkanes of at least 4 members (excludes halogenated alkanes) is 1. The Balaban J connectivity index is 0.00000220. The number of nitrogens with two attached hydrogens (primary N) is 1. The topological polar surface area (TPSA) is 44.9 Å². The summed E-state index contributed by atoms with van der Waals surface area (Å²) in [5.41, 5.74) is 6.06. The number of nitrogens with zero attached hydrogens (tertiary/aromatic N) is 3. The van der Waals surface area contributed by atoms with Crippen molar-refractivity contribution in [2.45, 2.75) is 51.9 Å². The van der Waals surface area contributed by atoms with Gasteiger partial charge in [0.1, 0.15) is 0 Å². The minimum Gasteiger partial charge on any atom is -0.370 e. The molecule has 0 spiro atoms. The van der Waals surface area contributed by atoms with Crippen LogP contribution < -0.4 is 5.73 Å². The second kappa shape index (κ2) is 10.6. The van der Waals surface area contributed by atoms with E-state index < -0.39 is 0 Å². The molecule has 21 heavy (non-hydrogen) atoms. The number of guanidine groups is 1. The molecule has 2 N–H and O–H groups in total. The first-order chi connectivity index (χ1) is 9.75. The molecule has 0 aromatic rings. The molecule has 2 saturated heterocycles. The summed E-state index contributed by atoms with van der Waals surface area (Å²) < 4.78 is 0. The molecule has 0 saturated carbocycles. The van der Waals surface area contributed by atoms with Crippen LogP contribution in [0, 0.1) is 5.92 Å². The molecule has 2 aliphatic rings. The second-order valence-corrected chi connectivity index (χ2v) is 6.54. The Morgan fingerprint density at radius 2 is 1.86 bits per heavy atom. The van der Waals surface area contributed by atoms with Crippen LogP contribution >= 0.6 is 24.0 Å². The van der Waals surface area contributed by atoms with Crippen LogP contribution in [0.25, 0.3) is 0 Å². The lowest BCUT2D eigenvalue weighted by molar-refractivity contribution is 0.181. The summed E-state index contributed by atoms with van der Waals surface area (Å²) in [5, 5.41) is 0. The van der Waals surface area contributed by atoms with Crippen molar-refractivity contribution < 1.29 is 0 Å². The monoisotopic (exact) mass is 408 g/mol. The van der Waals surface area contributed by atoms with Gasteiger partial charge < -0.3 is 15.5 Å². The first-order valence-electron chi connectivity index (χ1n) is 8.53. The Morgan fingerprint density at radius 1 is 1.10 bits per heavy atom. The van der Waals surface area contributed by atoms with E-state index >= 15 is 0 Å². The third-order valence-electron chi connectivity index (χ3n) is 4.58. The number of rotatable bonds is 5. The molecule has 2 rings (SSSR count). The SMILES string of the molecule is CC1CCCN(CCCCN=C(N)N2CCCCC2)C1.I. The molecule has 2 fully saturated rings. The van der Waals surface area contributed by atoms with Gasteiger partial charge in [0, 0.05) is 26.2 Å². The first kappa shape index (κ1) is 19.0. The Morgan fingerprint density at radius 3 is 2.57 bits per heavy atom.